The molecule has 1 aromatic carbocycles. The minimum atomic E-state index is -0.491. The van der Waals surface area contributed by atoms with Gasteiger partial charge in [-0.15, -0.1) is 0 Å². The lowest BCUT2D eigenvalue weighted by Gasteiger charge is -2.09. The molecule has 18 heavy (non-hydrogen) atoms. The number of hydrogen-bond donors (Lipinski definition) is 1. The first kappa shape index (κ1) is 14.0. The molecule has 0 aliphatic heterocycles. The quantitative estimate of drug-likeness (QED) is 0.792. The van der Waals surface area contributed by atoms with E-state index in [0.29, 0.717) is 5.75 Å². The van der Waals surface area contributed by atoms with Crippen molar-refractivity contribution in [1.29, 1.82) is 0 Å². The summed E-state index contributed by atoms with van der Waals surface area (Å²) < 4.78 is 9.78. The zero-order chi connectivity index (χ0) is 13.5. The van der Waals surface area contributed by atoms with Crippen LogP contribution in [0.15, 0.2) is 18.2 Å². The van der Waals surface area contributed by atoms with Crippen molar-refractivity contribution in [1.82, 2.24) is 5.32 Å². The van der Waals surface area contributed by atoms with Crippen LogP contribution in [-0.4, -0.2) is 32.1 Å². The van der Waals surface area contributed by atoms with Crippen LogP contribution in [0.2, 0.25) is 0 Å². The molecular formula is C13H17NO4. The van der Waals surface area contributed by atoms with Gasteiger partial charge in [0, 0.05) is 0 Å². The van der Waals surface area contributed by atoms with E-state index in [2.05, 4.69) is 10.1 Å². The Hall–Kier alpha value is -2.04. The minimum Gasteiger partial charge on any atom is -0.483 e. The molecule has 0 radical (unpaired) electrons. The minimum absolute atomic E-state index is 0.124. The van der Waals surface area contributed by atoms with E-state index in [4.69, 9.17) is 4.74 Å². The Labute approximate surface area is 106 Å². The molecule has 0 aliphatic rings. The maximum absolute atomic E-state index is 11.4. The van der Waals surface area contributed by atoms with Crippen molar-refractivity contribution in [2.24, 2.45) is 0 Å². The number of rotatable bonds is 5. The second kappa shape index (κ2) is 6.64. The van der Waals surface area contributed by atoms with E-state index in [1.165, 1.54) is 7.11 Å². The molecule has 0 aliphatic carbocycles. The van der Waals surface area contributed by atoms with E-state index in [1.54, 1.807) is 0 Å². The van der Waals surface area contributed by atoms with E-state index in [9.17, 15) is 9.59 Å². The predicted octanol–water partition coefficient (Wildman–Crippen LogP) is 0.971. The standard InChI is InChI=1S/C13H17NO4/c1-9-4-5-10(2)11(6-9)18-8-12(15)14-7-13(16)17-3/h4-6H,7-8H2,1-3H3,(H,14,15). The topological polar surface area (TPSA) is 64.6 Å². The molecule has 1 aromatic rings. The summed E-state index contributed by atoms with van der Waals surface area (Å²) in [4.78, 5) is 22.2. The Morgan fingerprint density at radius 3 is 2.67 bits per heavy atom. The van der Waals surface area contributed by atoms with Crippen LogP contribution >= 0.6 is 0 Å². The average molecular weight is 251 g/mol. The highest BCUT2D eigenvalue weighted by atomic mass is 16.5. The Morgan fingerprint density at radius 2 is 2.00 bits per heavy atom. The van der Waals surface area contributed by atoms with E-state index in [-0.39, 0.29) is 19.1 Å². The molecule has 0 saturated carbocycles. The summed E-state index contributed by atoms with van der Waals surface area (Å²) in [6, 6.07) is 5.76. The number of ether oxygens (including phenoxy) is 2. The van der Waals surface area contributed by atoms with Gasteiger partial charge in [0.15, 0.2) is 6.61 Å². The van der Waals surface area contributed by atoms with Crippen molar-refractivity contribution in [3.05, 3.63) is 29.3 Å². The molecule has 0 spiro atoms. The number of amides is 1. The summed E-state index contributed by atoms with van der Waals surface area (Å²) in [5.74, 6) is -0.181. The summed E-state index contributed by atoms with van der Waals surface area (Å²) in [6.07, 6.45) is 0. The van der Waals surface area contributed by atoms with Gasteiger partial charge in [-0.3, -0.25) is 9.59 Å². The third-order valence-electron chi connectivity index (χ3n) is 2.36. The third kappa shape index (κ3) is 4.45. The van der Waals surface area contributed by atoms with Gasteiger partial charge in [-0.2, -0.15) is 0 Å². The van der Waals surface area contributed by atoms with Crippen LogP contribution in [0.25, 0.3) is 0 Å². The van der Waals surface area contributed by atoms with Crippen LogP contribution in [0.4, 0.5) is 0 Å². The van der Waals surface area contributed by atoms with Crippen molar-refractivity contribution in [2.75, 3.05) is 20.3 Å². The van der Waals surface area contributed by atoms with Crippen molar-refractivity contribution in [3.8, 4) is 5.75 Å². The van der Waals surface area contributed by atoms with Gasteiger partial charge < -0.3 is 14.8 Å². The van der Waals surface area contributed by atoms with Crippen molar-refractivity contribution in [3.63, 3.8) is 0 Å². The van der Waals surface area contributed by atoms with E-state index in [1.807, 2.05) is 32.0 Å². The number of nitrogens with one attached hydrogen (secondary N) is 1. The van der Waals surface area contributed by atoms with Crippen LogP contribution in [0.3, 0.4) is 0 Å². The number of hydrogen-bond acceptors (Lipinski definition) is 4. The second-order valence-electron chi connectivity index (χ2n) is 3.91. The lowest BCUT2D eigenvalue weighted by atomic mass is 10.1. The Kier molecular flexibility index (Phi) is 5.17. The summed E-state index contributed by atoms with van der Waals surface area (Å²) in [7, 11) is 1.26. The zero-order valence-corrected chi connectivity index (χ0v) is 10.8. The molecule has 0 unspecified atom stereocenters. The molecule has 0 fully saturated rings. The predicted molar refractivity (Wildman–Crippen MR) is 66.4 cm³/mol. The van der Waals surface area contributed by atoms with E-state index < -0.39 is 5.97 Å². The van der Waals surface area contributed by atoms with Crippen LogP contribution in [0, 0.1) is 13.8 Å². The highest BCUT2D eigenvalue weighted by Crippen LogP contribution is 2.18. The highest BCUT2D eigenvalue weighted by Gasteiger charge is 2.07. The maximum Gasteiger partial charge on any atom is 0.325 e. The van der Waals surface area contributed by atoms with Crippen molar-refractivity contribution >= 4 is 11.9 Å². The number of carbonyl (C=O) groups is 2. The van der Waals surface area contributed by atoms with Crippen LogP contribution in [-0.2, 0) is 14.3 Å². The molecule has 0 atom stereocenters. The summed E-state index contributed by atoms with van der Waals surface area (Å²) in [6.45, 7) is 3.58. The molecule has 1 amide bonds. The Bertz CT molecular complexity index is 443. The Morgan fingerprint density at radius 1 is 1.28 bits per heavy atom. The third-order valence-corrected chi connectivity index (χ3v) is 2.36. The SMILES string of the molecule is COC(=O)CNC(=O)COc1cc(C)ccc1C. The molecular weight excluding hydrogens is 234 g/mol. The van der Waals surface area contributed by atoms with Crippen LogP contribution in [0.1, 0.15) is 11.1 Å². The van der Waals surface area contributed by atoms with Gasteiger partial charge in [0.25, 0.3) is 5.91 Å². The highest BCUT2D eigenvalue weighted by molar-refractivity contribution is 5.82. The normalized spacial score (nSPS) is 9.72. The molecule has 0 bridgehead atoms. The van der Waals surface area contributed by atoms with Gasteiger partial charge in [-0.1, -0.05) is 12.1 Å². The van der Waals surface area contributed by atoms with Crippen LogP contribution < -0.4 is 10.1 Å². The number of carbonyl (C=O) groups excluding carboxylic acids is 2. The fourth-order valence-electron chi connectivity index (χ4n) is 1.30. The first-order valence-electron chi connectivity index (χ1n) is 5.56. The second-order valence-corrected chi connectivity index (χ2v) is 3.91. The average Bonchev–Trinajstić information content (AvgIpc) is 2.36. The maximum atomic E-state index is 11.4. The Balaban J connectivity index is 2.42. The van der Waals surface area contributed by atoms with Gasteiger partial charge in [0.1, 0.15) is 12.3 Å². The lowest BCUT2D eigenvalue weighted by molar-refractivity contribution is -0.141. The fourth-order valence-corrected chi connectivity index (χ4v) is 1.30. The number of aryl methyl sites for hydroxylation is 2. The first-order chi connectivity index (χ1) is 8.52. The van der Waals surface area contributed by atoms with Gasteiger partial charge >= 0.3 is 5.97 Å². The van der Waals surface area contributed by atoms with Gasteiger partial charge in [0.2, 0.25) is 0 Å². The summed E-state index contributed by atoms with van der Waals surface area (Å²) >= 11 is 0. The monoisotopic (exact) mass is 251 g/mol. The smallest absolute Gasteiger partial charge is 0.325 e. The fraction of sp³-hybridized carbons (Fsp3) is 0.385. The molecule has 98 valence electrons. The van der Waals surface area contributed by atoms with E-state index >= 15 is 0 Å². The van der Waals surface area contributed by atoms with Crippen molar-refractivity contribution < 1.29 is 19.1 Å². The summed E-state index contributed by atoms with van der Waals surface area (Å²) in [5.41, 5.74) is 2.02. The number of esters is 1. The first-order valence-corrected chi connectivity index (χ1v) is 5.56. The largest absolute Gasteiger partial charge is 0.483 e. The lowest BCUT2D eigenvalue weighted by Crippen LogP contribution is -2.33. The molecule has 0 saturated heterocycles. The zero-order valence-electron chi connectivity index (χ0n) is 10.8. The van der Waals surface area contributed by atoms with Crippen LogP contribution in [0.5, 0.6) is 5.75 Å². The number of methoxy groups -OCH3 is 1. The molecule has 0 heterocycles. The van der Waals surface area contributed by atoms with Gasteiger partial charge in [-0.25, -0.2) is 0 Å². The van der Waals surface area contributed by atoms with Gasteiger partial charge in [-0.05, 0) is 31.0 Å². The summed E-state index contributed by atoms with van der Waals surface area (Å²) in [5, 5.41) is 2.40. The molecule has 5 heteroatoms. The number of benzene rings is 1. The molecule has 1 N–H and O–H groups in total. The van der Waals surface area contributed by atoms with Gasteiger partial charge in [0.05, 0.1) is 7.11 Å². The van der Waals surface area contributed by atoms with Crippen molar-refractivity contribution in [2.45, 2.75) is 13.8 Å². The van der Waals surface area contributed by atoms with E-state index in [0.717, 1.165) is 11.1 Å². The molecule has 5 nitrogen and oxygen atoms in total. The molecule has 1 rings (SSSR count). The molecule has 0 aromatic heterocycles.